The number of ether oxygens (including phenoxy) is 3. The Morgan fingerprint density at radius 3 is 2.18 bits per heavy atom. The summed E-state index contributed by atoms with van der Waals surface area (Å²) in [5.41, 5.74) is 7.16. The Hall–Kier alpha value is -1.68. The minimum atomic E-state index is -0.326. The van der Waals surface area contributed by atoms with Crippen molar-refractivity contribution < 1.29 is 14.2 Å². The van der Waals surface area contributed by atoms with Gasteiger partial charge in [0.1, 0.15) is 0 Å². The van der Waals surface area contributed by atoms with Crippen LogP contribution in [0.2, 0.25) is 0 Å². The molecule has 2 aromatic rings. The Kier molecular flexibility index (Phi) is 4.50. The predicted molar refractivity (Wildman–Crippen MR) is 112 cm³/mol. The van der Waals surface area contributed by atoms with Gasteiger partial charge < -0.3 is 14.2 Å². The molecule has 1 heterocycles. The van der Waals surface area contributed by atoms with E-state index in [0.29, 0.717) is 6.61 Å². The Morgan fingerprint density at radius 2 is 1.54 bits per heavy atom. The zero-order chi connectivity index (χ0) is 20.3. The smallest absolute Gasteiger partial charge is 0.185 e. The van der Waals surface area contributed by atoms with Crippen LogP contribution >= 0.6 is 0 Å². The number of hydrogen-bond donors (Lipinski definition) is 0. The lowest BCUT2D eigenvalue weighted by molar-refractivity contribution is -0.0896. The molecule has 0 N–H and O–H groups in total. The molecule has 1 fully saturated rings. The summed E-state index contributed by atoms with van der Waals surface area (Å²) in [6.07, 6.45) is 0.631. The van der Waals surface area contributed by atoms with Gasteiger partial charge in [0.25, 0.3) is 0 Å². The highest BCUT2D eigenvalue weighted by Gasteiger charge is 2.49. The molecule has 1 aliphatic heterocycles. The van der Waals surface area contributed by atoms with E-state index in [1.54, 1.807) is 7.11 Å². The zero-order valence-electron chi connectivity index (χ0n) is 18.2. The van der Waals surface area contributed by atoms with E-state index in [2.05, 4.69) is 77.9 Å². The lowest BCUT2D eigenvalue weighted by Crippen LogP contribution is -2.41. The van der Waals surface area contributed by atoms with Gasteiger partial charge in [-0.2, -0.15) is 0 Å². The maximum atomic E-state index is 6.29. The number of hydrogen-bond acceptors (Lipinski definition) is 3. The summed E-state index contributed by atoms with van der Waals surface area (Å²) >= 11 is 0. The van der Waals surface area contributed by atoms with Crippen LogP contribution in [0, 0.1) is 0 Å². The van der Waals surface area contributed by atoms with Crippen LogP contribution in [0.25, 0.3) is 0 Å². The Morgan fingerprint density at radius 1 is 0.857 bits per heavy atom. The average Bonchev–Trinajstić information content (AvgIpc) is 2.82. The van der Waals surface area contributed by atoms with Gasteiger partial charge in [-0.1, -0.05) is 44.2 Å². The highest BCUT2D eigenvalue weighted by Crippen LogP contribution is 2.47. The minimum absolute atomic E-state index is 0.0613. The second kappa shape index (κ2) is 6.41. The van der Waals surface area contributed by atoms with E-state index in [1.165, 1.54) is 27.8 Å². The number of rotatable bonds is 3. The summed E-state index contributed by atoms with van der Waals surface area (Å²) in [5, 5.41) is 0. The minimum Gasteiger partial charge on any atom is -0.380 e. The summed E-state index contributed by atoms with van der Waals surface area (Å²) in [6.45, 7) is 13.7. The fourth-order valence-corrected chi connectivity index (χ4v) is 4.47. The zero-order valence-corrected chi connectivity index (χ0v) is 18.2. The standard InChI is InChI=1S/C25H32O3/c1-23(2)20-11-8-16(15-26-7)12-19(20)13-17-9-10-18(14-21(17)23)22-27-24(3,4)25(5,6)28-22/h8-12,14,22H,13,15H2,1-7H3. The van der Waals surface area contributed by atoms with Crippen molar-refractivity contribution in [1.29, 1.82) is 0 Å². The SMILES string of the molecule is COCc1ccc2c(c1)Cc1ccc(C3OC(C)(C)C(C)(C)O3)cc1C2(C)C. The lowest BCUT2D eigenvalue weighted by Gasteiger charge is -2.36. The van der Waals surface area contributed by atoms with E-state index in [4.69, 9.17) is 14.2 Å². The monoisotopic (exact) mass is 380 g/mol. The van der Waals surface area contributed by atoms with Gasteiger partial charge in [0, 0.05) is 18.1 Å². The van der Waals surface area contributed by atoms with Crippen LogP contribution in [0.15, 0.2) is 36.4 Å². The van der Waals surface area contributed by atoms with Crippen molar-refractivity contribution >= 4 is 0 Å². The van der Waals surface area contributed by atoms with Gasteiger partial charge in [0.15, 0.2) is 6.29 Å². The second-order valence-corrected chi connectivity index (χ2v) is 9.73. The van der Waals surface area contributed by atoms with Gasteiger partial charge in [0.2, 0.25) is 0 Å². The van der Waals surface area contributed by atoms with Crippen molar-refractivity contribution in [3.8, 4) is 0 Å². The van der Waals surface area contributed by atoms with Crippen molar-refractivity contribution in [2.24, 2.45) is 0 Å². The van der Waals surface area contributed by atoms with Gasteiger partial charge in [-0.15, -0.1) is 0 Å². The van der Waals surface area contributed by atoms with Crippen LogP contribution in [-0.4, -0.2) is 18.3 Å². The molecule has 4 rings (SSSR count). The third-order valence-corrected chi connectivity index (χ3v) is 6.87. The quantitative estimate of drug-likeness (QED) is 0.687. The molecule has 0 atom stereocenters. The van der Waals surface area contributed by atoms with Crippen molar-refractivity contribution in [3.63, 3.8) is 0 Å². The van der Waals surface area contributed by atoms with E-state index >= 15 is 0 Å². The van der Waals surface area contributed by atoms with Crippen LogP contribution in [0.1, 0.15) is 81.2 Å². The topological polar surface area (TPSA) is 27.7 Å². The van der Waals surface area contributed by atoms with Gasteiger partial charge in [-0.3, -0.25) is 0 Å². The second-order valence-electron chi connectivity index (χ2n) is 9.73. The molecule has 2 aromatic carbocycles. The Balaban J connectivity index is 1.71. The van der Waals surface area contributed by atoms with Crippen LogP contribution in [-0.2, 0) is 32.7 Å². The van der Waals surface area contributed by atoms with E-state index in [0.717, 1.165) is 12.0 Å². The molecule has 0 amide bonds. The largest absolute Gasteiger partial charge is 0.380 e. The first-order chi connectivity index (χ1) is 13.0. The van der Waals surface area contributed by atoms with Gasteiger partial charge in [0.05, 0.1) is 17.8 Å². The summed E-state index contributed by atoms with van der Waals surface area (Å²) in [6, 6.07) is 13.5. The Bertz CT molecular complexity index is 892. The highest BCUT2D eigenvalue weighted by molar-refractivity contribution is 5.54. The van der Waals surface area contributed by atoms with Crippen LogP contribution in [0.4, 0.5) is 0 Å². The molecule has 2 aliphatic rings. The molecule has 1 saturated heterocycles. The number of fused-ring (bicyclic) bond motifs is 2. The third kappa shape index (κ3) is 3.01. The van der Waals surface area contributed by atoms with E-state index in [-0.39, 0.29) is 22.9 Å². The molecule has 1 aliphatic carbocycles. The summed E-state index contributed by atoms with van der Waals surface area (Å²) < 4.78 is 17.9. The fraction of sp³-hybridized carbons (Fsp3) is 0.520. The molecule has 0 aromatic heterocycles. The molecule has 3 nitrogen and oxygen atoms in total. The lowest BCUT2D eigenvalue weighted by atomic mass is 9.68. The molecular weight excluding hydrogens is 348 g/mol. The molecule has 0 radical (unpaired) electrons. The van der Waals surface area contributed by atoms with Crippen LogP contribution in [0.3, 0.4) is 0 Å². The first-order valence-electron chi connectivity index (χ1n) is 10.2. The summed E-state index contributed by atoms with van der Waals surface area (Å²) in [7, 11) is 1.75. The van der Waals surface area contributed by atoms with Crippen molar-refractivity contribution in [2.45, 2.75) is 77.5 Å². The predicted octanol–water partition coefficient (Wildman–Crippen LogP) is 5.67. The molecule has 150 valence electrons. The Labute approximate surface area is 169 Å². The van der Waals surface area contributed by atoms with E-state index in [1.807, 2.05) is 0 Å². The van der Waals surface area contributed by atoms with Crippen molar-refractivity contribution in [1.82, 2.24) is 0 Å². The molecule has 3 heteroatoms. The van der Waals surface area contributed by atoms with E-state index in [9.17, 15) is 0 Å². The molecular formula is C25H32O3. The molecule has 0 spiro atoms. The highest BCUT2D eigenvalue weighted by atomic mass is 16.7. The average molecular weight is 381 g/mol. The first-order valence-corrected chi connectivity index (χ1v) is 10.2. The van der Waals surface area contributed by atoms with Crippen molar-refractivity contribution in [3.05, 3.63) is 69.8 Å². The number of benzene rings is 2. The summed E-state index contributed by atoms with van der Waals surface area (Å²) in [5.74, 6) is 0. The molecule has 0 bridgehead atoms. The normalized spacial score (nSPS) is 22.0. The number of methoxy groups -OCH3 is 1. The van der Waals surface area contributed by atoms with E-state index < -0.39 is 0 Å². The van der Waals surface area contributed by atoms with Gasteiger partial charge >= 0.3 is 0 Å². The maximum Gasteiger partial charge on any atom is 0.185 e. The molecule has 0 saturated carbocycles. The van der Waals surface area contributed by atoms with Gasteiger partial charge in [-0.05, 0) is 68.0 Å². The van der Waals surface area contributed by atoms with Gasteiger partial charge in [-0.25, -0.2) is 0 Å². The summed E-state index contributed by atoms with van der Waals surface area (Å²) in [4.78, 5) is 0. The van der Waals surface area contributed by atoms with Crippen LogP contribution in [0.5, 0.6) is 0 Å². The third-order valence-electron chi connectivity index (χ3n) is 6.87. The fourth-order valence-electron chi connectivity index (χ4n) is 4.47. The first kappa shape index (κ1) is 19.6. The van der Waals surface area contributed by atoms with Crippen molar-refractivity contribution in [2.75, 3.05) is 7.11 Å². The molecule has 0 unspecified atom stereocenters. The molecule has 28 heavy (non-hydrogen) atoms. The maximum absolute atomic E-state index is 6.29. The van der Waals surface area contributed by atoms with Crippen LogP contribution < -0.4 is 0 Å².